The molecule has 2 rings (SSSR count). The van der Waals surface area contributed by atoms with E-state index in [9.17, 15) is 9.18 Å². The van der Waals surface area contributed by atoms with Crippen LogP contribution in [0.25, 0.3) is 0 Å². The zero-order valence-electron chi connectivity index (χ0n) is 10.0. The summed E-state index contributed by atoms with van der Waals surface area (Å²) >= 11 is 5.77. The molecule has 1 aromatic carbocycles. The summed E-state index contributed by atoms with van der Waals surface area (Å²) in [6, 6.07) is 3.29. The number of halogens is 2. The number of amides is 1. The van der Waals surface area contributed by atoms with E-state index in [2.05, 4.69) is 5.16 Å². The largest absolute Gasteiger partial charge is 0.409 e. The molecule has 0 saturated carbocycles. The Balaban J connectivity index is 2.31. The lowest BCUT2D eigenvalue weighted by atomic mass is 10.1. The predicted octanol–water partition coefficient (Wildman–Crippen LogP) is 1.83. The topological polar surface area (TPSA) is 78.9 Å². The van der Waals surface area contributed by atoms with Crippen LogP contribution in [0, 0.1) is 5.82 Å². The molecule has 7 heteroatoms. The van der Waals surface area contributed by atoms with Crippen molar-refractivity contribution >= 4 is 23.3 Å². The van der Waals surface area contributed by atoms with Crippen LogP contribution < -0.4 is 5.73 Å². The molecule has 1 amide bonds. The number of nitrogens with zero attached hydrogens (tertiary/aromatic N) is 2. The lowest BCUT2D eigenvalue weighted by Crippen LogP contribution is -2.44. The molecular weight excluding hydrogens is 273 g/mol. The Labute approximate surface area is 114 Å². The van der Waals surface area contributed by atoms with Crippen molar-refractivity contribution in [1.29, 1.82) is 0 Å². The average molecular weight is 286 g/mol. The van der Waals surface area contributed by atoms with Crippen LogP contribution in [0.15, 0.2) is 23.4 Å². The standard InChI is InChI=1S/C12H13ClFN3O2/c13-7-3-4-9(14)8(6-7)12(18)17-5-1-2-10(17)11(15)16-19/h3-4,6,10,19H,1-2,5H2,(H2,15,16). The molecule has 1 atom stereocenters. The third-order valence-corrected chi connectivity index (χ3v) is 3.36. The van der Waals surface area contributed by atoms with Gasteiger partial charge in [0.1, 0.15) is 5.82 Å². The van der Waals surface area contributed by atoms with E-state index in [1.807, 2.05) is 0 Å². The van der Waals surface area contributed by atoms with Gasteiger partial charge < -0.3 is 15.8 Å². The molecule has 19 heavy (non-hydrogen) atoms. The van der Waals surface area contributed by atoms with E-state index >= 15 is 0 Å². The maximum absolute atomic E-state index is 13.7. The van der Waals surface area contributed by atoms with Crippen molar-refractivity contribution in [2.45, 2.75) is 18.9 Å². The van der Waals surface area contributed by atoms with E-state index in [0.29, 0.717) is 13.0 Å². The van der Waals surface area contributed by atoms with Crippen molar-refractivity contribution in [1.82, 2.24) is 4.90 Å². The Morgan fingerprint density at radius 1 is 1.58 bits per heavy atom. The van der Waals surface area contributed by atoms with Crippen LogP contribution in [0.5, 0.6) is 0 Å². The fourth-order valence-corrected chi connectivity index (χ4v) is 2.37. The Bertz CT molecular complexity index is 536. The van der Waals surface area contributed by atoms with Gasteiger partial charge in [0, 0.05) is 11.6 Å². The van der Waals surface area contributed by atoms with Gasteiger partial charge in [-0.05, 0) is 31.0 Å². The minimum absolute atomic E-state index is 0.0479. The van der Waals surface area contributed by atoms with Crippen molar-refractivity contribution in [3.05, 3.63) is 34.6 Å². The normalized spacial score (nSPS) is 19.8. The molecule has 5 nitrogen and oxygen atoms in total. The number of amidine groups is 1. The highest BCUT2D eigenvalue weighted by atomic mass is 35.5. The number of likely N-dealkylation sites (tertiary alicyclic amines) is 1. The first-order chi connectivity index (χ1) is 9.04. The first-order valence-electron chi connectivity index (χ1n) is 5.78. The smallest absolute Gasteiger partial charge is 0.257 e. The summed E-state index contributed by atoms with van der Waals surface area (Å²) < 4.78 is 13.7. The van der Waals surface area contributed by atoms with Gasteiger partial charge in [0.05, 0.1) is 11.6 Å². The number of hydrogen-bond acceptors (Lipinski definition) is 3. The van der Waals surface area contributed by atoms with Crippen LogP contribution >= 0.6 is 11.6 Å². The first-order valence-corrected chi connectivity index (χ1v) is 6.16. The minimum Gasteiger partial charge on any atom is -0.409 e. The number of carbonyl (C=O) groups is 1. The van der Waals surface area contributed by atoms with Crippen LogP contribution in [0.3, 0.4) is 0 Å². The molecule has 1 unspecified atom stereocenters. The van der Waals surface area contributed by atoms with Crippen molar-refractivity contribution in [3.8, 4) is 0 Å². The van der Waals surface area contributed by atoms with Crippen molar-refractivity contribution < 1.29 is 14.4 Å². The highest BCUT2D eigenvalue weighted by Gasteiger charge is 2.33. The van der Waals surface area contributed by atoms with Crippen LogP contribution in [-0.4, -0.2) is 34.4 Å². The zero-order valence-corrected chi connectivity index (χ0v) is 10.8. The molecule has 1 aromatic rings. The number of rotatable bonds is 2. The lowest BCUT2D eigenvalue weighted by Gasteiger charge is -2.23. The van der Waals surface area contributed by atoms with E-state index in [-0.39, 0.29) is 16.4 Å². The van der Waals surface area contributed by atoms with Crippen molar-refractivity contribution in [2.24, 2.45) is 10.9 Å². The van der Waals surface area contributed by atoms with Crippen LogP contribution in [0.4, 0.5) is 4.39 Å². The molecule has 102 valence electrons. The molecule has 1 heterocycles. The number of nitrogens with two attached hydrogens (primary N) is 1. The molecule has 0 aromatic heterocycles. The average Bonchev–Trinajstić information content (AvgIpc) is 2.89. The fourth-order valence-electron chi connectivity index (χ4n) is 2.20. The zero-order chi connectivity index (χ0) is 14.0. The van der Waals surface area contributed by atoms with Gasteiger partial charge in [0.2, 0.25) is 0 Å². The molecule has 1 saturated heterocycles. The predicted molar refractivity (Wildman–Crippen MR) is 68.9 cm³/mol. The summed E-state index contributed by atoms with van der Waals surface area (Å²) in [7, 11) is 0. The van der Waals surface area contributed by atoms with Gasteiger partial charge in [-0.2, -0.15) is 0 Å². The van der Waals surface area contributed by atoms with Gasteiger partial charge in [-0.3, -0.25) is 4.79 Å². The second-order valence-electron chi connectivity index (χ2n) is 4.31. The Kier molecular flexibility index (Phi) is 3.90. The van der Waals surface area contributed by atoms with Crippen LogP contribution in [0.2, 0.25) is 5.02 Å². The van der Waals surface area contributed by atoms with Gasteiger partial charge in [-0.1, -0.05) is 16.8 Å². The van der Waals surface area contributed by atoms with Gasteiger partial charge in [-0.15, -0.1) is 0 Å². The van der Waals surface area contributed by atoms with E-state index < -0.39 is 17.8 Å². The third-order valence-electron chi connectivity index (χ3n) is 3.13. The maximum atomic E-state index is 13.7. The summed E-state index contributed by atoms with van der Waals surface area (Å²) in [6.45, 7) is 0.436. The van der Waals surface area contributed by atoms with Gasteiger partial charge in [0.15, 0.2) is 5.84 Å². The minimum atomic E-state index is -0.639. The van der Waals surface area contributed by atoms with E-state index in [1.165, 1.54) is 17.0 Å². The second-order valence-corrected chi connectivity index (χ2v) is 4.74. The van der Waals surface area contributed by atoms with Gasteiger partial charge >= 0.3 is 0 Å². The van der Waals surface area contributed by atoms with E-state index in [1.54, 1.807) is 0 Å². The molecule has 0 bridgehead atoms. The summed E-state index contributed by atoms with van der Waals surface area (Å²) in [4.78, 5) is 13.7. The number of hydrogen-bond donors (Lipinski definition) is 2. The SMILES string of the molecule is NC(=NO)C1CCCN1C(=O)c1cc(Cl)ccc1F. The summed E-state index contributed by atoms with van der Waals surface area (Å²) in [5, 5.41) is 11.9. The quantitative estimate of drug-likeness (QED) is 0.376. The second kappa shape index (κ2) is 5.44. The van der Waals surface area contributed by atoms with E-state index in [4.69, 9.17) is 22.5 Å². The maximum Gasteiger partial charge on any atom is 0.257 e. The number of oxime groups is 1. The molecular formula is C12H13ClFN3O2. The highest BCUT2D eigenvalue weighted by Crippen LogP contribution is 2.23. The van der Waals surface area contributed by atoms with Crippen molar-refractivity contribution in [2.75, 3.05) is 6.54 Å². The molecule has 1 aliphatic rings. The third kappa shape index (κ3) is 2.63. The molecule has 1 aliphatic heterocycles. The van der Waals surface area contributed by atoms with E-state index in [0.717, 1.165) is 12.5 Å². The molecule has 1 fully saturated rings. The molecule has 3 N–H and O–H groups in total. The van der Waals surface area contributed by atoms with Gasteiger partial charge in [0.25, 0.3) is 5.91 Å². The molecule has 0 radical (unpaired) electrons. The van der Waals surface area contributed by atoms with Crippen LogP contribution in [0.1, 0.15) is 23.2 Å². The van der Waals surface area contributed by atoms with Crippen molar-refractivity contribution in [3.63, 3.8) is 0 Å². The highest BCUT2D eigenvalue weighted by molar-refractivity contribution is 6.31. The Morgan fingerprint density at radius 2 is 2.32 bits per heavy atom. The van der Waals surface area contributed by atoms with Gasteiger partial charge in [-0.25, -0.2) is 4.39 Å². The van der Waals surface area contributed by atoms with Crippen LogP contribution in [-0.2, 0) is 0 Å². The number of carbonyl (C=O) groups excluding carboxylic acids is 1. The molecule has 0 aliphatic carbocycles. The fraction of sp³-hybridized carbons (Fsp3) is 0.333. The monoisotopic (exact) mass is 285 g/mol. The summed E-state index contributed by atoms with van der Waals surface area (Å²) in [6.07, 6.45) is 1.30. The Morgan fingerprint density at radius 3 is 3.00 bits per heavy atom. The summed E-state index contributed by atoms with van der Waals surface area (Å²) in [5.74, 6) is -1.19. The summed E-state index contributed by atoms with van der Waals surface area (Å²) in [5.41, 5.74) is 5.43. The lowest BCUT2D eigenvalue weighted by molar-refractivity contribution is 0.0763. The number of benzene rings is 1. The molecule has 0 spiro atoms. The Hall–Kier alpha value is -1.82. The first kappa shape index (κ1) is 13.6.